The van der Waals surface area contributed by atoms with E-state index in [0.717, 1.165) is 6.42 Å². The van der Waals surface area contributed by atoms with Crippen LogP contribution in [0.3, 0.4) is 0 Å². The summed E-state index contributed by atoms with van der Waals surface area (Å²) >= 11 is 1.56. The molecule has 0 saturated carbocycles. The van der Waals surface area contributed by atoms with Gasteiger partial charge < -0.3 is 16.6 Å². The summed E-state index contributed by atoms with van der Waals surface area (Å²) in [6.45, 7) is 8.07. The summed E-state index contributed by atoms with van der Waals surface area (Å²) in [7, 11) is 0. The average molecular weight is 291 g/mol. The fraction of sp³-hybridized carbons (Fsp3) is 0.846. The number of nitrogens with zero attached hydrogens (tertiary/aromatic N) is 1. The minimum Gasteiger partial charge on any atom is -0.480 e. The van der Waals surface area contributed by atoms with Crippen molar-refractivity contribution in [2.24, 2.45) is 22.4 Å². The molecule has 0 aliphatic heterocycles. The van der Waals surface area contributed by atoms with Gasteiger partial charge in [-0.3, -0.25) is 9.79 Å². The molecule has 0 saturated heterocycles. The fourth-order valence-corrected chi connectivity index (χ4v) is 2.66. The monoisotopic (exact) mass is 291 g/mol. The first-order valence-electron chi connectivity index (χ1n) is 6.14. The third-order valence-electron chi connectivity index (χ3n) is 2.99. The number of hydrogen-bond acceptors (Lipinski definition) is 4. The maximum absolute atomic E-state index is 11.2. The predicted molar refractivity (Wildman–Crippen MR) is 84.8 cm³/mol. The van der Waals surface area contributed by atoms with Crippen molar-refractivity contribution in [2.45, 2.75) is 52.3 Å². The molecule has 0 bridgehead atoms. The molecule has 1 unspecified atom stereocenters. The second-order valence-corrected chi connectivity index (χ2v) is 6.11. The van der Waals surface area contributed by atoms with Crippen LogP contribution in [0.5, 0.6) is 0 Å². The van der Waals surface area contributed by atoms with Crippen molar-refractivity contribution < 1.29 is 9.90 Å². The first kappa shape index (κ1) is 20.6. The molecule has 0 aromatic carbocycles. The van der Waals surface area contributed by atoms with Crippen LogP contribution >= 0.6 is 11.8 Å². The van der Waals surface area contributed by atoms with E-state index in [1.165, 1.54) is 0 Å². The van der Waals surface area contributed by atoms with Gasteiger partial charge in [-0.15, -0.1) is 0 Å². The van der Waals surface area contributed by atoms with E-state index < -0.39 is 11.5 Å². The van der Waals surface area contributed by atoms with Gasteiger partial charge in [-0.25, -0.2) is 0 Å². The molecule has 6 heteroatoms. The SMILES string of the molecule is C.CCC(CN=C(C)N)SC[C@](N)(C(=O)O)C(C)C. The van der Waals surface area contributed by atoms with Crippen molar-refractivity contribution in [1.82, 2.24) is 0 Å². The van der Waals surface area contributed by atoms with Crippen molar-refractivity contribution in [3.8, 4) is 0 Å². The third kappa shape index (κ3) is 6.82. The van der Waals surface area contributed by atoms with Crippen LogP contribution in [-0.4, -0.2) is 40.0 Å². The van der Waals surface area contributed by atoms with Gasteiger partial charge in [0.25, 0.3) is 0 Å². The maximum Gasteiger partial charge on any atom is 0.324 e. The summed E-state index contributed by atoms with van der Waals surface area (Å²) in [4.78, 5) is 15.4. The van der Waals surface area contributed by atoms with Crippen molar-refractivity contribution in [1.29, 1.82) is 0 Å². The molecule has 19 heavy (non-hydrogen) atoms. The Bertz CT molecular complexity index is 304. The zero-order valence-corrected chi connectivity index (χ0v) is 12.5. The van der Waals surface area contributed by atoms with Crippen molar-refractivity contribution in [3.63, 3.8) is 0 Å². The highest BCUT2D eigenvalue weighted by molar-refractivity contribution is 8.00. The molecule has 0 spiro atoms. The van der Waals surface area contributed by atoms with Gasteiger partial charge in [0.2, 0.25) is 0 Å². The molecule has 0 aliphatic rings. The molecule has 0 aromatic rings. The van der Waals surface area contributed by atoms with E-state index in [2.05, 4.69) is 4.99 Å². The Morgan fingerprint density at radius 2 is 2.00 bits per heavy atom. The molecule has 0 heterocycles. The predicted octanol–water partition coefficient (Wildman–Crippen LogP) is 1.95. The van der Waals surface area contributed by atoms with Crippen LogP contribution in [0.15, 0.2) is 4.99 Å². The number of carboxylic acid groups (broad SMARTS) is 1. The van der Waals surface area contributed by atoms with Gasteiger partial charge in [0, 0.05) is 11.0 Å². The van der Waals surface area contributed by atoms with E-state index in [-0.39, 0.29) is 18.6 Å². The molecule has 0 fully saturated rings. The molecule has 5 nitrogen and oxygen atoms in total. The number of carbonyl (C=O) groups is 1. The van der Waals surface area contributed by atoms with Crippen LogP contribution in [0.2, 0.25) is 0 Å². The standard InChI is InChI=1S/C12H25N3O2S.CH4/c1-5-10(6-15-9(4)13)18-7-12(14,8(2)3)11(16)17;/h8,10H,5-7,14H2,1-4H3,(H2,13,15)(H,16,17);1H4/t10?,12-;/m1./s1. The van der Waals surface area contributed by atoms with E-state index in [1.807, 2.05) is 20.8 Å². The van der Waals surface area contributed by atoms with E-state index in [0.29, 0.717) is 18.1 Å². The van der Waals surface area contributed by atoms with Crippen LogP contribution in [0.25, 0.3) is 0 Å². The molecular formula is C13H29N3O2S. The Labute approximate surface area is 121 Å². The zero-order chi connectivity index (χ0) is 14.3. The quantitative estimate of drug-likeness (QED) is 0.468. The lowest BCUT2D eigenvalue weighted by Gasteiger charge is -2.29. The Balaban J connectivity index is 0. The summed E-state index contributed by atoms with van der Waals surface area (Å²) in [5.74, 6) is -0.120. The summed E-state index contributed by atoms with van der Waals surface area (Å²) in [6.07, 6.45) is 0.912. The van der Waals surface area contributed by atoms with Crippen LogP contribution in [0.4, 0.5) is 0 Å². The van der Waals surface area contributed by atoms with Gasteiger partial charge >= 0.3 is 5.97 Å². The number of aliphatic carboxylic acids is 1. The number of hydrogen-bond donors (Lipinski definition) is 3. The number of amidine groups is 1. The second-order valence-electron chi connectivity index (χ2n) is 4.82. The molecule has 2 atom stereocenters. The molecular weight excluding hydrogens is 262 g/mol. The number of nitrogens with two attached hydrogens (primary N) is 2. The minimum absolute atomic E-state index is 0. The van der Waals surface area contributed by atoms with Gasteiger partial charge in [-0.2, -0.15) is 11.8 Å². The number of rotatable bonds is 8. The van der Waals surface area contributed by atoms with Crippen LogP contribution in [-0.2, 0) is 4.79 Å². The highest BCUT2D eigenvalue weighted by Crippen LogP contribution is 2.24. The molecule has 0 amide bonds. The van der Waals surface area contributed by atoms with Crippen molar-refractivity contribution >= 4 is 23.6 Å². The number of carboxylic acids is 1. The normalized spacial score (nSPS) is 16.6. The lowest BCUT2D eigenvalue weighted by molar-refractivity contribution is -0.144. The van der Waals surface area contributed by atoms with Gasteiger partial charge in [0.05, 0.1) is 12.4 Å². The fourth-order valence-electron chi connectivity index (χ4n) is 1.28. The largest absolute Gasteiger partial charge is 0.480 e. The molecule has 5 N–H and O–H groups in total. The van der Waals surface area contributed by atoms with Gasteiger partial charge in [0.1, 0.15) is 5.54 Å². The van der Waals surface area contributed by atoms with E-state index in [4.69, 9.17) is 11.5 Å². The number of thioether (sulfide) groups is 1. The lowest BCUT2D eigenvalue weighted by Crippen LogP contribution is -2.55. The molecule has 0 aromatic heterocycles. The smallest absolute Gasteiger partial charge is 0.324 e. The van der Waals surface area contributed by atoms with Crippen LogP contribution in [0, 0.1) is 5.92 Å². The van der Waals surface area contributed by atoms with Crippen molar-refractivity contribution in [2.75, 3.05) is 12.3 Å². The summed E-state index contributed by atoms with van der Waals surface area (Å²) in [6, 6.07) is 0. The summed E-state index contributed by atoms with van der Waals surface area (Å²) < 4.78 is 0. The number of aliphatic imine (C=N–C) groups is 1. The zero-order valence-electron chi connectivity index (χ0n) is 11.6. The third-order valence-corrected chi connectivity index (χ3v) is 4.58. The molecule has 114 valence electrons. The topological polar surface area (TPSA) is 102 Å². The van der Waals surface area contributed by atoms with E-state index in [1.54, 1.807) is 18.7 Å². The Morgan fingerprint density at radius 1 is 1.47 bits per heavy atom. The summed E-state index contributed by atoms with van der Waals surface area (Å²) in [5.41, 5.74) is 10.3. The highest BCUT2D eigenvalue weighted by atomic mass is 32.2. The minimum atomic E-state index is -1.18. The van der Waals surface area contributed by atoms with Crippen molar-refractivity contribution in [3.05, 3.63) is 0 Å². The average Bonchev–Trinajstić information content (AvgIpc) is 2.27. The first-order valence-corrected chi connectivity index (χ1v) is 7.19. The van der Waals surface area contributed by atoms with E-state index >= 15 is 0 Å². The Kier molecular flexibility index (Phi) is 9.96. The van der Waals surface area contributed by atoms with Crippen LogP contribution in [0.1, 0.15) is 41.5 Å². The van der Waals surface area contributed by atoms with Crippen LogP contribution < -0.4 is 11.5 Å². The highest BCUT2D eigenvalue weighted by Gasteiger charge is 2.37. The molecule has 0 radical (unpaired) electrons. The summed E-state index contributed by atoms with van der Waals surface area (Å²) in [5, 5.41) is 9.47. The molecule has 0 rings (SSSR count). The Morgan fingerprint density at radius 3 is 2.32 bits per heavy atom. The first-order chi connectivity index (χ1) is 8.24. The second kappa shape index (κ2) is 9.20. The van der Waals surface area contributed by atoms with Gasteiger partial charge in [-0.05, 0) is 19.3 Å². The van der Waals surface area contributed by atoms with E-state index in [9.17, 15) is 9.90 Å². The maximum atomic E-state index is 11.2. The van der Waals surface area contributed by atoms with Gasteiger partial charge in [-0.1, -0.05) is 28.2 Å². The Hall–Kier alpha value is -0.750. The van der Waals surface area contributed by atoms with Gasteiger partial charge in [0.15, 0.2) is 0 Å². The lowest BCUT2D eigenvalue weighted by atomic mass is 9.90. The molecule has 0 aliphatic carbocycles.